The van der Waals surface area contributed by atoms with E-state index in [1.54, 1.807) is 0 Å². The maximum Gasteiger partial charge on any atom is 0.0317 e. The van der Waals surface area contributed by atoms with Crippen LogP contribution in [0.4, 0.5) is 5.69 Å². The highest BCUT2D eigenvalue weighted by atomic mass is 14.5. The molecule has 2 aromatic carbocycles. The summed E-state index contributed by atoms with van der Waals surface area (Å²) in [5.74, 6) is 0.821. The Hall–Kier alpha value is -2.02. The summed E-state index contributed by atoms with van der Waals surface area (Å²) >= 11 is 0. The highest BCUT2D eigenvalue weighted by molar-refractivity contribution is 5.63. The third-order valence-electron chi connectivity index (χ3n) is 3.94. The Bertz CT molecular complexity index is 640. The Morgan fingerprint density at radius 3 is 2.00 bits per heavy atom. The molecule has 0 saturated carbocycles. The van der Waals surface area contributed by atoms with Crippen LogP contribution in [0.1, 0.15) is 34.1 Å². The molecular formula is C16H13N. The summed E-state index contributed by atoms with van der Waals surface area (Å²) in [6.07, 6.45) is 4.64. The minimum Gasteiger partial charge on any atom is -0.399 e. The van der Waals surface area contributed by atoms with E-state index in [-0.39, 0.29) is 0 Å². The van der Waals surface area contributed by atoms with Gasteiger partial charge in [0.25, 0.3) is 0 Å². The molecule has 0 aromatic heterocycles. The van der Waals surface area contributed by atoms with Gasteiger partial charge >= 0.3 is 0 Å². The van der Waals surface area contributed by atoms with Crippen LogP contribution >= 0.6 is 0 Å². The SMILES string of the molecule is Nc1ccc2c(c1)C1C=CC2c2ccccc21. The van der Waals surface area contributed by atoms with Crippen LogP contribution in [-0.4, -0.2) is 0 Å². The summed E-state index contributed by atoms with van der Waals surface area (Å²) in [7, 11) is 0. The van der Waals surface area contributed by atoms with Gasteiger partial charge in [-0.1, -0.05) is 42.5 Å². The molecule has 0 aliphatic heterocycles. The molecule has 0 saturated heterocycles. The molecule has 2 atom stereocenters. The van der Waals surface area contributed by atoms with Crippen molar-refractivity contribution < 1.29 is 0 Å². The summed E-state index contributed by atoms with van der Waals surface area (Å²) in [6, 6.07) is 15.1. The van der Waals surface area contributed by atoms with Gasteiger partial charge in [0, 0.05) is 17.5 Å². The smallest absolute Gasteiger partial charge is 0.0317 e. The van der Waals surface area contributed by atoms with E-state index in [1.165, 1.54) is 22.3 Å². The zero-order valence-electron chi connectivity index (χ0n) is 9.43. The van der Waals surface area contributed by atoms with Crippen molar-refractivity contribution in [3.05, 3.63) is 76.9 Å². The Morgan fingerprint density at radius 2 is 1.29 bits per heavy atom. The van der Waals surface area contributed by atoms with Crippen LogP contribution < -0.4 is 5.73 Å². The molecule has 0 fully saturated rings. The van der Waals surface area contributed by atoms with Crippen LogP contribution in [0.2, 0.25) is 0 Å². The summed E-state index contributed by atoms with van der Waals surface area (Å²) in [5, 5.41) is 0. The second-order valence-corrected chi connectivity index (χ2v) is 4.86. The van der Waals surface area contributed by atoms with E-state index in [0.29, 0.717) is 11.8 Å². The molecule has 17 heavy (non-hydrogen) atoms. The van der Waals surface area contributed by atoms with Gasteiger partial charge in [0.1, 0.15) is 0 Å². The first kappa shape index (κ1) is 9.06. The fourth-order valence-electron chi connectivity index (χ4n) is 3.20. The topological polar surface area (TPSA) is 26.0 Å². The van der Waals surface area contributed by atoms with Crippen molar-refractivity contribution in [2.75, 3.05) is 5.73 Å². The monoisotopic (exact) mass is 219 g/mol. The molecule has 2 aromatic rings. The van der Waals surface area contributed by atoms with Crippen molar-refractivity contribution in [2.45, 2.75) is 11.8 Å². The second kappa shape index (κ2) is 3.01. The Labute approximate surface area is 101 Å². The van der Waals surface area contributed by atoms with Gasteiger partial charge in [-0.2, -0.15) is 0 Å². The van der Waals surface area contributed by atoms with E-state index in [2.05, 4.69) is 48.6 Å². The Morgan fingerprint density at radius 1 is 0.706 bits per heavy atom. The number of benzene rings is 2. The van der Waals surface area contributed by atoms with Crippen LogP contribution in [0.25, 0.3) is 0 Å². The van der Waals surface area contributed by atoms with Crippen molar-refractivity contribution >= 4 is 5.69 Å². The molecule has 82 valence electrons. The minimum atomic E-state index is 0.398. The molecule has 1 nitrogen and oxygen atoms in total. The summed E-state index contributed by atoms with van der Waals surface area (Å²) in [6.45, 7) is 0. The zero-order valence-corrected chi connectivity index (χ0v) is 9.43. The van der Waals surface area contributed by atoms with Gasteiger partial charge in [-0.25, -0.2) is 0 Å². The third kappa shape index (κ3) is 1.09. The zero-order chi connectivity index (χ0) is 11.4. The van der Waals surface area contributed by atoms with Gasteiger partial charge in [-0.05, 0) is 34.4 Å². The van der Waals surface area contributed by atoms with Crippen molar-refractivity contribution in [1.29, 1.82) is 0 Å². The lowest BCUT2D eigenvalue weighted by molar-refractivity contribution is 0.812. The van der Waals surface area contributed by atoms with Gasteiger partial charge in [-0.15, -0.1) is 0 Å². The van der Waals surface area contributed by atoms with Crippen LogP contribution in [0.3, 0.4) is 0 Å². The van der Waals surface area contributed by atoms with Crippen LogP contribution in [0, 0.1) is 0 Å². The molecule has 5 rings (SSSR count). The van der Waals surface area contributed by atoms with E-state index in [1.807, 2.05) is 6.07 Å². The number of hydrogen-bond donors (Lipinski definition) is 1. The van der Waals surface area contributed by atoms with Gasteiger partial charge in [0.2, 0.25) is 0 Å². The number of anilines is 1. The van der Waals surface area contributed by atoms with Crippen molar-refractivity contribution in [3.63, 3.8) is 0 Å². The maximum atomic E-state index is 5.91. The van der Waals surface area contributed by atoms with Gasteiger partial charge in [0.15, 0.2) is 0 Å². The molecular weight excluding hydrogens is 206 g/mol. The highest BCUT2D eigenvalue weighted by Gasteiger charge is 2.33. The molecule has 0 heterocycles. The molecule has 3 aliphatic rings. The molecule has 2 bridgehead atoms. The number of allylic oxidation sites excluding steroid dienone is 2. The minimum absolute atomic E-state index is 0.398. The predicted molar refractivity (Wildman–Crippen MR) is 70.1 cm³/mol. The van der Waals surface area contributed by atoms with Crippen LogP contribution in [0.15, 0.2) is 54.6 Å². The first-order valence-electron chi connectivity index (χ1n) is 6.01. The fraction of sp³-hybridized carbons (Fsp3) is 0.125. The molecule has 2 N–H and O–H groups in total. The molecule has 3 aliphatic carbocycles. The van der Waals surface area contributed by atoms with Gasteiger partial charge in [0.05, 0.1) is 0 Å². The number of hydrogen-bond acceptors (Lipinski definition) is 1. The maximum absolute atomic E-state index is 5.91. The van der Waals surface area contributed by atoms with Crippen LogP contribution in [0.5, 0.6) is 0 Å². The first-order chi connectivity index (χ1) is 8.34. The lowest BCUT2D eigenvalue weighted by Crippen LogP contribution is -2.20. The average molecular weight is 219 g/mol. The Kier molecular flexibility index (Phi) is 1.60. The third-order valence-corrected chi connectivity index (χ3v) is 3.94. The van der Waals surface area contributed by atoms with E-state index < -0.39 is 0 Å². The van der Waals surface area contributed by atoms with Crippen LogP contribution in [-0.2, 0) is 0 Å². The lowest BCUT2D eigenvalue weighted by Gasteiger charge is -2.36. The van der Waals surface area contributed by atoms with Crippen molar-refractivity contribution in [1.82, 2.24) is 0 Å². The number of rotatable bonds is 0. The molecule has 2 unspecified atom stereocenters. The van der Waals surface area contributed by atoms with E-state index >= 15 is 0 Å². The Balaban J connectivity index is 2.04. The van der Waals surface area contributed by atoms with Crippen molar-refractivity contribution in [2.24, 2.45) is 0 Å². The summed E-state index contributed by atoms with van der Waals surface area (Å²) in [5.41, 5.74) is 12.5. The lowest BCUT2D eigenvalue weighted by atomic mass is 9.68. The summed E-state index contributed by atoms with van der Waals surface area (Å²) < 4.78 is 0. The first-order valence-corrected chi connectivity index (χ1v) is 6.01. The number of nitrogens with two attached hydrogens (primary N) is 1. The second-order valence-electron chi connectivity index (χ2n) is 4.86. The standard InChI is InChI=1S/C16H13N/c17-10-5-6-14-13-7-8-15(16(14)9-10)12-4-2-1-3-11(12)13/h1-9,13,15H,17H2. The van der Waals surface area contributed by atoms with E-state index in [4.69, 9.17) is 5.73 Å². The molecule has 1 heteroatoms. The quantitative estimate of drug-likeness (QED) is 0.533. The van der Waals surface area contributed by atoms with Gasteiger partial charge < -0.3 is 5.73 Å². The van der Waals surface area contributed by atoms with E-state index in [9.17, 15) is 0 Å². The molecule has 0 radical (unpaired) electrons. The average Bonchev–Trinajstić information content (AvgIpc) is 2.39. The molecule has 0 spiro atoms. The largest absolute Gasteiger partial charge is 0.399 e. The highest BCUT2D eigenvalue weighted by Crippen LogP contribution is 2.48. The van der Waals surface area contributed by atoms with Crippen molar-refractivity contribution in [3.8, 4) is 0 Å². The summed E-state index contributed by atoms with van der Waals surface area (Å²) in [4.78, 5) is 0. The number of nitrogen functional groups attached to an aromatic ring is 1. The molecule has 0 amide bonds. The van der Waals surface area contributed by atoms with Gasteiger partial charge in [-0.3, -0.25) is 0 Å². The van der Waals surface area contributed by atoms with E-state index in [0.717, 1.165) is 5.69 Å². The normalized spacial score (nSPS) is 23.3. The fourth-order valence-corrected chi connectivity index (χ4v) is 3.20. The predicted octanol–water partition coefficient (Wildman–Crippen LogP) is 3.42.